The first-order chi connectivity index (χ1) is 15.3. The molecule has 0 unspecified atom stereocenters. The largest absolute Gasteiger partial charge is 0.371 e. The Balaban J connectivity index is 2.02. The molecular weight excluding hydrogens is 443 g/mol. The lowest BCUT2D eigenvalue weighted by Crippen LogP contribution is -2.34. The summed E-state index contributed by atoms with van der Waals surface area (Å²) in [6.07, 6.45) is 7.97. The number of aromatic amines is 1. The van der Waals surface area contributed by atoms with E-state index in [9.17, 15) is 4.79 Å². The van der Waals surface area contributed by atoms with Gasteiger partial charge in [-0.05, 0) is 48.4 Å². The molecular formula is C25H34Cl2N4O. The number of rotatable bonds is 9. The fourth-order valence-electron chi connectivity index (χ4n) is 4.45. The summed E-state index contributed by atoms with van der Waals surface area (Å²) in [5, 5.41) is 1.07. The average molecular weight is 477 g/mol. The van der Waals surface area contributed by atoms with E-state index in [1.165, 1.54) is 32.1 Å². The Morgan fingerprint density at radius 1 is 1.19 bits per heavy atom. The molecule has 0 amide bonds. The minimum absolute atomic E-state index is 0.143. The van der Waals surface area contributed by atoms with Crippen molar-refractivity contribution in [2.24, 2.45) is 5.92 Å². The quantitative estimate of drug-likeness (QED) is 0.445. The van der Waals surface area contributed by atoms with Crippen molar-refractivity contribution in [3.05, 3.63) is 56.4 Å². The third-order valence-electron chi connectivity index (χ3n) is 6.08. The number of nitrogens with one attached hydrogen (secondary N) is 1. The van der Waals surface area contributed by atoms with Crippen LogP contribution < -0.4 is 15.4 Å². The van der Waals surface area contributed by atoms with Crippen LogP contribution in [0.1, 0.15) is 63.1 Å². The zero-order valence-corrected chi connectivity index (χ0v) is 20.9. The molecule has 0 aliphatic heterocycles. The van der Waals surface area contributed by atoms with Crippen molar-refractivity contribution < 1.29 is 0 Å². The Labute approximate surface area is 201 Å². The molecule has 0 bridgehead atoms. The van der Waals surface area contributed by atoms with Gasteiger partial charge >= 0.3 is 0 Å². The van der Waals surface area contributed by atoms with Gasteiger partial charge in [0, 0.05) is 27.2 Å². The number of hydrogen-bond donors (Lipinski definition) is 1. The van der Waals surface area contributed by atoms with Gasteiger partial charge in [0.2, 0.25) is 5.95 Å². The molecule has 0 atom stereocenters. The molecule has 0 spiro atoms. The number of nitrogens with zero attached hydrogens (tertiary/aromatic N) is 3. The first-order valence-corrected chi connectivity index (χ1v) is 12.2. The average Bonchev–Trinajstić information content (AvgIpc) is 2.76. The summed E-state index contributed by atoms with van der Waals surface area (Å²) in [6.45, 7) is 7.77. The van der Waals surface area contributed by atoms with Crippen LogP contribution in [-0.4, -0.2) is 30.6 Å². The van der Waals surface area contributed by atoms with Gasteiger partial charge in [0.25, 0.3) is 5.56 Å². The van der Waals surface area contributed by atoms with Crippen molar-refractivity contribution in [1.29, 1.82) is 0 Å². The van der Waals surface area contributed by atoms with Crippen LogP contribution in [0.25, 0.3) is 5.57 Å². The van der Waals surface area contributed by atoms with Crippen molar-refractivity contribution >= 4 is 40.4 Å². The summed E-state index contributed by atoms with van der Waals surface area (Å²) in [5.41, 5.74) is 3.01. The second-order valence-electron chi connectivity index (χ2n) is 8.97. The third-order valence-corrected chi connectivity index (χ3v) is 6.82. The molecule has 32 heavy (non-hydrogen) atoms. The Morgan fingerprint density at radius 3 is 2.53 bits per heavy atom. The highest BCUT2D eigenvalue weighted by atomic mass is 35.5. The highest BCUT2D eigenvalue weighted by Gasteiger charge is 2.23. The predicted molar refractivity (Wildman–Crippen MR) is 137 cm³/mol. The van der Waals surface area contributed by atoms with Gasteiger partial charge in [-0.2, -0.15) is 0 Å². The van der Waals surface area contributed by atoms with Gasteiger partial charge in [-0.15, -0.1) is 0 Å². The highest BCUT2D eigenvalue weighted by Crippen LogP contribution is 2.30. The molecule has 1 aliphatic rings. The number of H-pyrrole nitrogens is 1. The van der Waals surface area contributed by atoms with Gasteiger partial charge in [-0.1, -0.05) is 68.5 Å². The monoisotopic (exact) mass is 476 g/mol. The van der Waals surface area contributed by atoms with Crippen molar-refractivity contribution in [1.82, 2.24) is 9.97 Å². The molecule has 174 valence electrons. The maximum atomic E-state index is 13.1. The lowest BCUT2D eigenvalue weighted by molar-refractivity contribution is 0.356. The maximum absolute atomic E-state index is 13.1. The first kappa shape index (κ1) is 24.7. The zero-order valence-electron chi connectivity index (χ0n) is 19.4. The Hall–Kier alpha value is -1.98. The Bertz CT molecular complexity index is 996. The lowest BCUT2D eigenvalue weighted by atomic mass is 9.89. The molecule has 1 saturated carbocycles. The van der Waals surface area contributed by atoms with Crippen LogP contribution in [0.5, 0.6) is 0 Å². The summed E-state index contributed by atoms with van der Waals surface area (Å²) >= 11 is 12.4. The fourth-order valence-corrected chi connectivity index (χ4v) is 4.77. The van der Waals surface area contributed by atoms with Crippen LogP contribution in [-0.2, 0) is 6.54 Å². The molecule has 1 heterocycles. The molecule has 1 fully saturated rings. The Morgan fingerprint density at radius 2 is 1.91 bits per heavy atom. The van der Waals surface area contributed by atoms with E-state index in [0.29, 0.717) is 39.8 Å². The van der Waals surface area contributed by atoms with Crippen LogP contribution in [0.3, 0.4) is 0 Å². The fraction of sp³-hybridized carbons (Fsp3) is 0.520. The molecule has 3 rings (SSSR count). The van der Waals surface area contributed by atoms with E-state index >= 15 is 0 Å². The molecule has 1 aromatic heterocycles. The third kappa shape index (κ3) is 6.08. The molecule has 1 aromatic carbocycles. The number of hydrogen-bond acceptors (Lipinski definition) is 4. The van der Waals surface area contributed by atoms with Crippen LogP contribution in [0.15, 0.2) is 29.6 Å². The SMILES string of the molecule is C=C(CCC)c1nc(N(Cc2ccc(Cl)c(Cl)c2)CC2CCCCC2)[nH]c(=O)c1N(C)C. The van der Waals surface area contributed by atoms with E-state index in [2.05, 4.69) is 23.4 Å². The van der Waals surface area contributed by atoms with E-state index in [1.54, 1.807) is 0 Å². The summed E-state index contributed by atoms with van der Waals surface area (Å²) in [4.78, 5) is 25.1. The minimum atomic E-state index is -0.143. The molecule has 5 nitrogen and oxygen atoms in total. The molecule has 0 radical (unpaired) electrons. The maximum Gasteiger partial charge on any atom is 0.276 e. The van der Waals surface area contributed by atoms with Crippen LogP contribution in [0.2, 0.25) is 10.0 Å². The number of benzene rings is 1. The molecule has 1 N–H and O–H groups in total. The van der Waals surface area contributed by atoms with Gasteiger partial charge in [0.1, 0.15) is 5.69 Å². The normalized spacial score (nSPS) is 14.4. The second kappa shape index (κ2) is 11.2. The van der Waals surface area contributed by atoms with Gasteiger partial charge in [0.15, 0.2) is 0 Å². The first-order valence-electron chi connectivity index (χ1n) is 11.5. The van der Waals surface area contributed by atoms with E-state index in [0.717, 1.165) is 30.5 Å². The van der Waals surface area contributed by atoms with E-state index in [-0.39, 0.29) is 5.56 Å². The van der Waals surface area contributed by atoms with Crippen molar-refractivity contribution in [2.45, 2.75) is 58.4 Å². The summed E-state index contributed by atoms with van der Waals surface area (Å²) < 4.78 is 0. The number of allylic oxidation sites excluding steroid dienone is 1. The summed E-state index contributed by atoms with van der Waals surface area (Å²) in [5.74, 6) is 1.16. The smallest absolute Gasteiger partial charge is 0.276 e. The van der Waals surface area contributed by atoms with Gasteiger partial charge < -0.3 is 9.80 Å². The zero-order chi connectivity index (χ0) is 23.3. The summed E-state index contributed by atoms with van der Waals surface area (Å²) in [6, 6.07) is 5.68. The van der Waals surface area contributed by atoms with Crippen molar-refractivity contribution in [2.75, 3.05) is 30.4 Å². The van der Waals surface area contributed by atoms with E-state index in [1.807, 2.05) is 37.2 Å². The minimum Gasteiger partial charge on any atom is -0.371 e. The molecule has 0 saturated heterocycles. The standard InChI is InChI=1S/C25H34Cl2N4O/c1-5-9-17(2)22-23(30(3)4)24(32)29-25(28-22)31(15-18-10-7-6-8-11-18)16-19-12-13-20(26)21(27)14-19/h12-14,18H,2,5-11,15-16H2,1,3-4H3,(H,28,29,32). The number of aromatic nitrogens is 2. The van der Waals surface area contributed by atoms with E-state index in [4.69, 9.17) is 28.2 Å². The predicted octanol–water partition coefficient (Wildman–Crippen LogP) is 6.54. The summed E-state index contributed by atoms with van der Waals surface area (Å²) in [7, 11) is 3.73. The van der Waals surface area contributed by atoms with Crippen molar-refractivity contribution in [3.63, 3.8) is 0 Å². The lowest BCUT2D eigenvalue weighted by Gasteiger charge is -2.31. The second-order valence-corrected chi connectivity index (χ2v) is 9.78. The van der Waals surface area contributed by atoms with Crippen molar-refractivity contribution in [3.8, 4) is 0 Å². The number of anilines is 2. The number of halogens is 2. The van der Waals surface area contributed by atoms with Crippen LogP contribution in [0.4, 0.5) is 11.6 Å². The molecule has 7 heteroatoms. The highest BCUT2D eigenvalue weighted by molar-refractivity contribution is 6.42. The van der Waals surface area contributed by atoms with Gasteiger partial charge in [-0.3, -0.25) is 9.78 Å². The van der Waals surface area contributed by atoms with Crippen LogP contribution in [0, 0.1) is 5.92 Å². The van der Waals surface area contributed by atoms with E-state index < -0.39 is 0 Å². The Kier molecular flexibility index (Phi) is 8.66. The topological polar surface area (TPSA) is 52.2 Å². The van der Waals surface area contributed by atoms with Gasteiger partial charge in [0.05, 0.1) is 15.7 Å². The van der Waals surface area contributed by atoms with Crippen LogP contribution >= 0.6 is 23.2 Å². The van der Waals surface area contributed by atoms with Gasteiger partial charge in [-0.25, -0.2) is 4.98 Å². The molecule has 1 aliphatic carbocycles. The molecule has 2 aromatic rings.